The fourth-order valence-corrected chi connectivity index (χ4v) is 2.63. The van der Waals surface area contributed by atoms with E-state index < -0.39 is 12.2 Å². The minimum Gasteiger partial charge on any atom is -0.387 e. The summed E-state index contributed by atoms with van der Waals surface area (Å²) in [4.78, 5) is 18.8. The molecule has 1 atom stereocenters. The Bertz CT molecular complexity index is 917. The van der Waals surface area contributed by atoms with E-state index >= 15 is 0 Å². The van der Waals surface area contributed by atoms with E-state index in [0.717, 1.165) is 0 Å². The lowest BCUT2D eigenvalue weighted by Gasteiger charge is -2.21. The highest BCUT2D eigenvalue weighted by atomic mass is 19.4. The molecule has 1 aliphatic heterocycles. The van der Waals surface area contributed by atoms with Crippen molar-refractivity contribution < 1.29 is 13.2 Å². The van der Waals surface area contributed by atoms with E-state index in [2.05, 4.69) is 20.6 Å². The van der Waals surface area contributed by atoms with Gasteiger partial charge >= 0.3 is 6.18 Å². The van der Waals surface area contributed by atoms with Gasteiger partial charge in [-0.25, -0.2) is 4.98 Å². The van der Waals surface area contributed by atoms with E-state index in [1.54, 1.807) is 18.3 Å². The summed E-state index contributed by atoms with van der Waals surface area (Å²) in [5.41, 5.74) is 0.0226. The lowest BCUT2D eigenvalue weighted by atomic mass is 10.1. The fraction of sp³-hybridized carbons (Fsp3) is 0.333. The van der Waals surface area contributed by atoms with Gasteiger partial charge in [0.05, 0.1) is 10.9 Å². The first kappa shape index (κ1) is 15.4. The van der Waals surface area contributed by atoms with Crippen LogP contribution in [-0.2, 0) is 0 Å². The van der Waals surface area contributed by atoms with Crippen LogP contribution >= 0.6 is 0 Å². The maximum absolute atomic E-state index is 13.0. The van der Waals surface area contributed by atoms with Gasteiger partial charge in [0.1, 0.15) is 11.9 Å². The highest BCUT2D eigenvalue weighted by Crippen LogP contribution is 2.24. The van der Waals surface area contributed by atoms with Crippen molar-refractivity contribution in [3.63, 3.8) is 0 Å². The molecule has 23 heavy (non-hydrogen) atoms. The first-order valence-corrected chi connectivity index (χ1v) is 7.20. The van der Waals surface area contributed by atoms with Gasteiger partial charge in [-0.05, 0) is 12.5 Å². The molecule has 5 nitrogen and oxygen atoms in total. The molecule has 0 saturated carbocycles. The topological polar surface area (TPSA) is 69.8 Å². The number of aromatic amines is 1. The molecular weight excluding hydrogens is 309 g/mol. The fourth-order valence-electron chi connectivity index (χ4n) is 2.63. The number of hydrogen-bond acceptors (Lipinski definition) is 4. The number of nitrogens with one attached hydrogen (secondary N) is 3. The summed E-state index contributed by atoms with van der Waals surface area (Å²) < 4.78 is 39.1. The van der Waals surface area contributed by atoms with E-state index in [1.807, 2.05) is 0 Å². The van der Waals surface area contributed by atoms with Gasteiger partial charge in [0.2, 0.25) is 0 Å². The van der Waals surface area contributed by atoms with Crippen molar-refractivity contribution in [1.29, 1.82) is 0 Å². The highest BCUT2D eigenvalue weighted by Gasteiger charge is 2.38. The Labute approximate surface area is 128 Å². The van der Waals surface area contributed by atoms with Crippen LogP contribution in [0.1, 0.15) is 13.3 Å². The SMILES string of the molecule is CC[C@H](Nc1nc2cc[nH]c(=O)c2c2c1=CCNC=2)C(F)(F)F. The number of alkyl halides is 3. The third-order valence-electron chi connectivity index (χ3n) is 3.77. The maximum Gasteiger partial charge on any atom is 0.408 e. The summed E-state index contributed by atoms with van der Waals surface area (Å²) in [5.74, 6) is 0.139. The van der Waals surface area contributed by atoms with Crippen molar-refractivity contribution >= 4 is 29.0 Å². The summed E-state index contributed by atoms with van der Waals surface area (Å²) in [6, 6.07) is -0.124. The molecule has 0 saturated heterocycles. The van der Waals surface area contributed by atoms with Crippen LogP contribution in [0, 0.1) is 0 Å². The third-order valence-corrected chi connectivity index (χ3v) is 3.77. The summed E-state index contributed by atoms with van der Waals surface area (Å²) in [5, 5.41) is 6.87. The number of rotatable bonds is 3. The van der Waals surface area contributed by atoms with Crippen molar-refractivity contribution in [3.8, 4) is 0 Å². The smallest absolute Gasteiger partial charge is 0.387 e. The first-order chi connectivity index (χ1) is 10.9. The predicted octanol–water partition coefficient (Wildman–Crippen LogP) is 0.798. The molecular formula is C15H15F3N4O. The van der Waals surface area contributed by atoms with Crippen molar-refractivity contribution in [2.24, 2.45) is 0 Å². The predicted molar refractivity (Wildman–Crippen MR) is 82.3 cm³/mol. The zero-order valence-corrected chi connectivity index (χ0v) is 12.3. The number of pyridine rings is 2. The monoisotopic (exact) mass is 324 g/mol. The molecule has 0 spiro atoms. The Morgan fingerprint density at radius 3 is 2.87 bits per heavy atom. The van der Waals surface area contributed by atoms with Crippen LogP contribution in [0.4, 0.5) is 19.0 Å². The molecule has 0 aliphatic carbocycles. The summed E-state index contributed by atoms with van der Waals surface area (Å²) in [7, 11) is 0. The molecule has 2 aromatic rings. The standard InChI is InChI=1S/C15H15F3N4O/c1-2-11(15(16,17)18)22-13-8-3-5-19-7-9(8)12-10(21-13)4-6-20-14(12)23/h3-4,6-7,11,19H,2,5H2,1H3,(H,20,23)(H,21,22)/t11-/m0/s1. The van der Waals surface area contributed by atoms with Crippen LogP contribution in [-0.4, -0.2) is 28.7 Å². The first-order valence-electron chi connectivity index (χ1n) is 7.20. The van der Waals surface area contributed by atoms with Gasteiger partial charge in [-0.3, -0.25) is 4.79 Å². The Morgan fingerprint density at radius 2 is 2.17 bits per heavy atom. The molecule has 0 fully saturated rings. The largest absolute Gasteiger partial charge is 0.408 e. The van der Waals surface area contributed by atoms with Gasteiger partial charge in [0.25, 0.3) is 5.56 Å². The number of nitrogens with zero attached hydrogens (tertiary/aromatic N) is 1. The van der Waals surface area contributed by atoms with Gasteiger partial charge in [0, 0.05) is 29.4 Å². The number of H-pyrrole nitrogens is 1. The number of hydrogen-bond donors (Lipinski definition) is 3. The van der Waals surface area contributed by atoms with E-state index in [9.17, 15) is 18.0 Å². The summed E-state index contributed by atoms with van der Waals surface area (Å²) in [6.45, 7) is 1.92. The van der Waals surface area contributed by atoms with E-state index in [1.165, 1.54) is 13.1 Å². The van der Waals surface area contributed by atoms with E-state index in [0.29, 0.717) is 27.9 Å². The molecule has 1 aliphatic rings. The van der Waals surface area contributed by atoms with Crippen molar-refractivity contribution in [2.75, 3.05) is 11.9 Å². The number of halogens is 3. The van der Waals surface area contributed by atoms with E-state index in [4.69, 9.17) is 0 Å². The molecule has 0 unspecified atom stereocenters. The normalized spacial score (nSPS) is 15.1. The lowest BCUT2D eigenvalue weighted by Crippen LogP contribution is -2.43. The molecule has 0 bridgehead atoms. The molecule has 2 aromatic heterocycles. The van der Waals surface area contributed by atoms with Crippen molar-refractivity contribution in [1.82, 2.24) is 15.3 Å². The molecule has 8 heteroatoms. The van der Waals surface area contributed by atoms with Gasteiger partial charge < -0.3 is 15.6 Å². The van der Waals surface area contributed by atoms with Crippen LogP contribution in [0.3, 0.4) is 0 Å². The second-order valence-electron chi connectivity index (χ2n) is 5.26. The summed E-state index contributed by atoms with van der Waals surface area (Å²) >= 11 is 0. The van der Waals surface area contributed by atoms with Crippen LogP contribution in [0.15, 0.2) is 17.1 Å². The maximum atomic E-state index is 13.0. The lowest BCUT2D eigenvalue weighted by molar-refractivity contribution is -0.142. The molecule has 0 amide bonds. The van der Waals surface area contributed by atoms with Crippen LogP contribution in [0.5, 0.6) is 0 Å². The molecule has 3 N–H and O–H groups in total. The second kappa shape index (κ2) is 5.60. The minimum atomic E-state index is -4.37. The minimum absolute atomic E-state index is 0.116. The zero-order chi connectivity index (χ0) is 16.6. The van der Waals surface area contributed by atoms with Gasteiger partial charge in [0.15, 0.2) is 0 Å². The van der Waals surface area contributed by atoms with Crippen molar-refractivity contribution in [3.05, 3.63) is 33.1 Å². The van der Waals surface area contributed by atoms with Gasteiger partial charge in [-0.15, -0.1) is 0 Å². The second-order valence-corrected chi connectivity index (χ2v) is 5.26. The summed E-state index contributed by atoms with van der Waals surface area (Å²) in [6.07, 6.45) is 0.293. The van der Waals surface area contributed by atoms with Crippen LogP contribution in [0.25, 0.3) is 23.2 Å². The molecule has 0 aromatic carbocycles. The average Bonchev–Trinajstić information content (AvgIpc) is 2.51. The Balaban J connectivity index is 2.26. The molecule has 0 radical (unpaired) electrons. The number of aromatic nitrogens is 2. The van der Waals surface area contributed by atoms with Crippen LogP contribution in [0.2, 0.25) is 0 Å². The number of anilines is 1. The van der Waals surface area contributed by atoms with Crippen molar-refractivity contribution in [2.45, 2.75) is 25.6 Å². The van der Waals surface area contributed by atoms with Crippen LogP contribution < -0.4 is 26.6 Å². The van der Waals surface area contributed by atoms with E-state index in [-0.39, 0.29) is 17.8 Å². The average molecular weight is 324 g/mol. The molecule has 122 valence electrons. The molecule has 3 heterocycles. The highest BCUT2D eigenvalue weighted by molar-refractivity contribution is 5.81. The number of fused-ring (bicyclic) bond motifs is 3. The Morgan fingerprint density at radius 1 is 1.39 bits per heavy atom. The Kier molecular flexibility index (Phi) is 3.75. The quantitative estimate of drug-likeness (QED) is 0.781. The third kappa shape index (κ3) is 2.76. The Hall–Kier alpha value is -2.51. The van der Waals surface area contributed by atoms with Gasteiger partial charge in [-0.2, -0.15) is 13.2 Å². The zero-order valence-electron chi connectivity index (χ0n) is 12.3. The van der Waals surface area contributed by atoms with Gasteiger partial charge in [-0.1, -0.05) is 13.0 Å². The molecule has 3 rings (SSSR count).